The summed E-state index contributed by atoms with van der Waals surface area (Å²) in [5.74, 6) is 1.91. The van der Waals surface area contributed by atoms with Gasteiger partial charge in [-0.3, -0.25) is 4.79 Å². The summed E-state index contributed by atoms with van der Waals surface area (Å²) in [6.07, 6.45) is 0.843. The van der Waals surface area contributed by atoms with Crippen LogP contribution >= 0.6 is 0 Å². The van der Waals surface area contributed by atoms with Crippen LogP contribution in [0.1, 0.15) is 31.7 Å². The minimum Gasteiger partial charge on any atom is -0.410 e. The van der Waals surface area contributed by atoms with Crippen molar-refractivity contribution in [3.63, 3.8) is 0 Å². The quantitative estimate of drug-likeness (QED) is 0.843. The van der Waals surface area contributed by atoms with Crippen LogP contribution in [0.4, 0.5) is 4.79 Å². The third-order valence-corrected chi connectivity index (χ3v) is 4.61. The number of amides is 2. The highest BCUT2D eigenvalue weighted by Gasteiger charge is 2.36. The van der Waals surface area contributed by atoms with Crippen molar-refractivity contribution in [1.82, 2.24) is 9.80 Å². The molecule has 1 saturated heterocycles. The lowest BCUT2D eigenvalue weighted by molar-refractivity contribution is -0.130. The molecular formula is C17H22N2O3. The molecule has 2 atom stereocenters. The smallest absolute Gasteiger partial charge is 0.410 e. The molecule has 1 heterocycles. The molecule has 1 aliphatic carbocycles. The summed E-state index contributed by atoms with van der Waals surface area (Å²) in [6, 6.07) is 7.80. The number of piperazine rings is 1. The van der Waals surface area contributed by atoms with E-state index in [9.17, 15) is 9.59 Å². The van der Waals surface area contributed by atoms with Gasteiger partial charge in [0.15, 0.2) is 0 Å². The van der Waals surface area contributed by atoms with E-state index in [2.05, 4.69) is 6.92 Å². The largest absolute Gasteiger partial charge is 0.415 e. The van der Waals surface area contributed by atoms with Gasteiger partial charge in [0.25, 0.3) is 0 Å². The van der Waals surface area contributed by atoms with Gasteiger partial charge < -0.3 is 14.5 Å². The van der Waals surface area contributed by atoms with Gasteiger partial charge in [0.1, 0.15) is 5.75 Å². The minimum absolute atomic E-state index is 0.0566. The van der Waals surface area contributed by atoms with Gasteiger partial charge in [-0.15, -0.1) is 0 Å². The monoisotopic (exact) mass is 302 g/mol. The Hall–Kier alpha value is -2.04. The summed E-state index contributed by atoms with van der Waals surface area (Å²) >= 11 is 0. The Bertz CT molecular complexity index is 579. The SMILES string of the molecule is CC(=O)N1CCN(C(=O)Oc2ccccc2C2CC2C)CC1. The van der Waals surface area contributed by atoms with E-state index in [1.54, 1.807) is 16.7 Å². The summed E-state index contributed by atoms with van der Waals surface area (Å²) in [7, 11) is 0. The second-order valence-corrected chi connectivity index (χ2v) is 6.22. The average Bonchev–Trinajstić information content (AvgIpc) is 3.24. The number of nitrogens with zero attached hydrogens (tertiary/aromatic N) is 2. The van der Waals surface area contributed by atoms with E-state index >= 15 is 0 Å². The van der Waals surface area contributed by atoms with Crippen molar-refractivity contribution in [2.24, 2.45) is 5.92 Å². The van der Waals surface area contributed by atoms with Crippen LogP contribution in [-0.2, 0) is 4.79 Å². The van der Waals surface area contributed by atoms with E-state index in [4.69, 9.17) is 4.74 Å². The normalized spacial score (nSPS) is 24.1. The van der Waals surface area contributed by atoms with Gasteiger partial charge in [-0.1, -0.05) is 25.1 Å². The standard InChI is InChI=1S/C17H22N2O3/c1-12-11-15(12)14-5-3-4-6-16(14)22-17(21)19-9-7-18(8-10-19)13(2)20/h3-6,12,15H,7-11H2,1-2H3. The average molecular weight is 302 g/mol. The van der Waals surface area contributed by atoms with E-state index in [1.165, 1.54) is 0 Å². The number of carbonyl (C=O) groups excluding carboxylic acids is 2. The van der Waals surface area contributed by atoms with E-state index in [1.807, 2.05) is 24.3 Å². The van der Waals surface area contributed by atoms with Gasteiger partial charge in [-0.25, -0.2) is 4.79 Å². The molecule has 2 amide bonds. The Labute approximate surface area is 130 Å². The van der Waals surface area contributed by atoms with Gasteiger partial charge in [0, 0.05) is 33.1 Å². The van der Waals surface area contributed by atoms with E-state index in [0.29, 0.717) is 43.8 Å². The molecule has 2 fully saturated rings. The van der Waals surface area contributed by atoms with E-state index < -0.39 is 0 Å². The molecule has 1 aromatic rings. The Kier molecular flexibility index (Phi) is 4.05. The number of para-hydroxylation sites is 1. The number of hydrogen-bond acceptors (Lipinski definition) is 3. The molecule has 3 rings (SSSR count). The first kappa shape index (κ1) is 14.9. The van der Waals surface area contributed by atoms with Crippen LogP contribution in [0.3, 0.4) is 0 Å². The van der Waals surface area contributed by atoms with Crippen LogP contribution in [0.25, 0.3) is 0 Å². The van der Waals surface area contributed by atoms with Crippen molar-refractivity contribution in [3.8, 4) is 5.75 Å². The van der Waals surface area contributed by atoms with Crippen molar-refractivity contribution in [1.29, 1.82) is 0 Å². The zero-order chi connectivity index (χ0) is 15.7. The minimum atomic E-state index is -0.316. The zero-order valence-electron chi connectivity index (χ0n) is 13.1. The lowest BCUT2D eigenvalue weighted by atomic mass is 10.1. The molecule has 0 N–H and O–H groups in total. The first-order valence-electron chi connectivity index (χ1n) is 7.87. The van der Waals surface area contributed by atoms with Gasteiger partial charge >= 0.3 is 6.09 Å². The fourth-order valence-electron chi connectivity index (χ4n) is 3.00. The summed E-state index contributed by atoms with van der Waals surface area (Å²) in [5.41, 5.74) is 1.13. The van der Waals surface area contributed by atoms with Crippen LogP contribution in [-0.4, -0.2) is 48.0 Å². The topological polar surface area (TPSA) is 49.9 Å². The maximum Gasteiger partial charge on any atom is 0.415 e. The second-order valence-electron chi connectivity index (χ2n) is 6.22. The predicted octanol–water partition coefficient (Wildman–Crippen LogP) is 2.47. The second kappa shape index (κ2) is 5.99. The zero-order valence-corrected chi connectivity index (χ0v) is 13.1. The molecule has 1 aromatic carbocycles. The Morgan fingerprint density at radius 1 is 1.09 bits per heavy atom. The molecule has 1 aliphatic heterocycles. The molecule has 1 saturated carbocycles. The fourth-order valence-corrected chi connectivity index (χ4v) is 3.00. The highest BCUT2D eigenvalue weighted by Crippen LogP contribution is 2.49. The number of benzene rings is 1. The van der Waals surface area contributed by atoms with Crippen LogP contribution in [0.15, 0.2) is 24.3 Å². The summed E-state index contributed by atoms with van der Waals surface area (Å²) < 4.78 is 5.61. The maximum absolute atomic E-state index is 12.3. The van der Waals surface area contributed by atoms with Gasteiger partial charge in [0.2, 0.25) is 5.91 Å². The first-order valence-corrected chi connectivity index (χ1v) is 7.87. The Morgan fingerprint density at radius 2 is 1.68 bits per heavy atom. The number of hydrogen-bond donors (Lipinski definition) is 0. The molecule has 118 valence electrons. The Morgan fingerprint density at radius 3 is 2.27 bits per heavy atom. The molecule has 5 nitrogen and oxygen atoms in total. The Balaban J connectivity index is 1.62. The number of carbonyl (C=O) groups is 2. The molecular weight excluding hydrogens is 280 g/mol. The van der Waals surface area contributed by atoms with Crippen molar-refractivity contribution in [3.05, 3.63) is 29.8 Å². The lowest BCUT2D eigenvalue weighted by Gasteiger charge is -2.33. The van der Waals surface area contributed by atoms with Gasteiger partial charge in [0.05, 0.1) is 0 Å². The molecule has 22 heavy (non-hydrogen) atoms. The molecule has 0 bridgehead atoms. The van der Waals surface area contributed by atoms with E-state index in [0.717, 1.165) is 12.0 Å². The number of rotatable bonds is 2. The van der Waals surface area contributed by atoms with Crippen LogP contribution in [0.2, 0.25) is 0 Å². The van der Waals surface area contributed by atoms with Crippen LogP contribution in [0.5, 0.6) is 5.75 Å². The van der Waals surface area contributed by atoms with Crippen molar-refractivity contribution in [2.75, 3.05) is 26.2 Å². The lowest BCUT2D eigenvalue weighted by Crippen LogP contribution is -2.50. The van der Waals surface area contributed by atoms with Gasteiger partial charge in [-0.05, 0) is 29.9 Å². The molecule has 2 unspecified atom stereocenters. The van der Waals surface area contributed by atoms with Crippen LogP contribution < -0.4 is 4.74 Å². The third-order valence-electron chi connectivity index (χ3n) is 4.61. The first-order chi connectivity index (χ1) is 10.6. The molecule has 5 heteroatoms. The number of ether oxygens (including phenoxy) is 1. The van der Waals surface area contributed by atoms with Gasteiger partial charge in [-0.2, -0.15) is 0 Å². The van der Waals surface area contributed by atoms with Crippen LogP contribution in [0, 0.1) is 5.92 Å². The maximum atomic E-state index is 12.3. The summed E-state index contributed by atoms with van der Waals surface area (Å²) in [5, 5.41) is 0. The van der Waals surface area contributed by atoms with Crippen molar-refractivity contribution in [2.45, 2.75) is 26.2 Å². The third kappa shape index (κ3) is 3.08. The molecule has 0 aromatic heterocycles. The summed E-state index contributed by atoms with van der Waals surface area (Å²) in [4.78, 5) is 27.1. The highest BCUT2D eigenvalue weighted by atomic mass is 16.6. The summed E-state index contributed by atoms with van der Waals surface area (Å²) in [6.45, 7) is 5.98. The highest BCUT2D eigenvalue weighted by molar-refractivity contribution is 5.74. The fraction of sp³-hybridized carbons (Fsp3) is 0.529. The van der Waals surface area contributed by atoms with E-state index in [-0.39, 0.29) is 12.0 Å². The molecule has 0 radical (unpaired) electrons. The predicted molar refractivity (Wildman–Crippen MR) is 82.8 cm³/mol. The van der Waals surface area contributed by atoms with Crippen molar-refractivity contribution >= 4 is 12.0 Å². The molecule has 0 spiro atoms. The molecule has 2 aliphatic rings. The van der Waals surface area contributed by atoms with Crippen molar-refractivity contribution < 1.29 is 14.3 Å².